The summed E-state index contributed by atoms with van der Waals surface area (Å²) in [6.07, 6.45) is 0.440. The number of carbonyl (C=O) groups is 1. The minimum atomic E-state index is -1.20. The zero-order valence-electron chi connectivity index (χ0n) is 22.6. The van der Waals surface area contributed by atoms with Crippen molar-refractivity contribution < 1.29 is 23.1 Å². The molecule has 0 radical (unpaired) electrons. The molecule has 210 valence electrons. The summed E-state index contributed by atoms with van der Waals surface area (Å²) in [6, 6.07) is 19.2. The topological polar surface area (TPSA) is 105 Å². The SMILES string of the molecule is COCCN1C[C@@H](NC(=O)Cc2c(C)c(-c3ccc(C#N)cc3)nn2-c2ccccc2)[C@H](c2cnc(F)c(F)c2)O1. The van der Waals surface area contributed by atoms with Crippen molar-refractivity contribution in [3.8, 4) is 23.0 Å². The first-order valence-corrected chi connectivity index (χ1v) is 13.0. The number of rotatable bonds is 9. The molecule has 2 aromatic heterocycles. The molecule has 11 heteroatoms. The van der Waals surface area contributed by atoms with E-state index in [1.165, 1.54) is 6.20 Å². The minimum Gasteiger partial charge on any atom is -0.383 e. The first-order valence-electron chi connectivity index (χ1n) is 13.0. The van der Waals surface area contributed by atoms with Crippen molar-refractivity contribution in [3.05, 3.63) is 101 Å². The summed E-state index contributed by atoms with van der Waals surface area (Å²) in [5.41, 5.74) is 4.66. The van der Waals surface area contributed by atoms with Crippen LogP contribution in [-0.4, -0.2) is 58.6 Å². The fourth-order valence-electron chi connectivity index (χ4n) is 4.84. The number of nitrogens with one attached hydrogen (secondary N) is 1. The zero-order valence-corrected chi connectivity index (χ0v) is 22.6. The predicted octanol–water partition coefficient (Wildman–Crippen LogP) is 4.05. The fourth-order valence-corrected chi connectivity index (χ4v) is 4.84. The van der Waals surface area contributed by atoms with Crippen LogP contribution >= 0.6 is 0 Å². The zero-order chi connectivity index (χ0) is 28.9. The number of halogens is 2. The van der Waals surface area contributed by atoms with Crippen LogP contribution in [0.3, 0.4) is 0 Å². The van der Waals surface area contributed by atoms with Crippen molar-refractivity contribution >= 4 is 5.91 Å². The Kier molecular flexibility index (Phi) is 8.45. The van der Waals surface area contributed by atoms with E-state index in [1.807, 2.05) is 49.4 Å². The van der Waals surface area contributed by atoms with E-state index >= 15 is 0 Å². The smallest absolute Gasteiger partial charge is 0.248 e. The van der Waals surface area contributed by atoms with Gasteiger partial charge in [-0.2, -0.15) is 19.8 Å². The summed E-state index contributed by atoms with van der Waals surface area (Å²) in [5.74, 6) is -2.59. The highest BCUT2D eigenvalue weighted by molar-refractivity contribution is 5.80. The lowest BCUT2D eigenvalue weighted by Gasteiger charge is -2.19. The molecule has 1 saturated heterocycles. The number of ether oxygens (including phenoxy) is 1. The van der Waals surface area contributed by atoms with Crippen LogP contribution in [0.4, 0.5) is 8.78 Å². The van der Waals surface area contributed by atoms with Crippen LogP contribution in [0, 0.1) is 30.0 Å². The normalized spacial score (nSPS) is 17.0. The molecule has 3 heterocycles. The Morgan fingerprint density at radius 3 is 2.63 bits per heavy atom. The lowest BCUT2D eigenvalue weighted by atomic mass is 10.0. The Morgan fingerprint density at radius 2 is 1.95 bits per heavy atom. The fraction of sp³-hybridized carbons (Fsp3) is 0.267. The quantitative estimate of drug-likeness (QED) is 0.309. The largest absolute Gasteiger partial charge is 0.383 e. The molecule has 0 saturated carbocycles. The van der Waals surface area contributed by atoms with Crippen LogP contribution in [0.1, 0.15) is 28.5 Å². The van der Waals surface area contributed by atoms with Gasteiger partial charge in [0.2, 0.25) is 11.9 Å². The van der Waals surface area contributed by atoms with Crippen LogP contribution in [0.25, 0.3) is 16.9 Å². The molecular weight excluding hydrogens is 530 g/mol. The van der Waals surface area contributed by atoms with Crippen LogP contribution in [0.15, 0.2) is 66.9 Å². The van der Waals surface area contributed by atoms with Gasteiger partial charge in [0.15, 0.2) is 5.82 Å². The van der Waals surface area contributed by atoms with Crippen molar-refractivity contribution in [2.75, 3.05) is 26.8 Å². The van der Waals surface area contributed by atoms with Crippen molar-refractivity contribution in [3.63, 3.8) is 0 Å². The minimum absolute atomic E-state index is 0.00132. The Hall–Kier alpha value is -4.50. The molecular formula is C30H28F2N6O3. The number of pyridine rings is 1. The van der Waals surface area contributed by atoms with Crippen molar-refractivity contribution in [1.82, 2.24) is 25.1 Å². The third-order valence-corrected chi connectivity index (χ3v) is 6.93. The lowest BCUT2D eigenvalue weighted by molar-refractivity contribution is -0.154. The number of methoxy groups -OCH3 is 1. The van der Waals surface area contributed by atoms with Crippen LogP contribution in [0.5, 0.6) is 0 Å². The Bertz CT molecular complexity index is 1570. The number of hydrogen-bond acceptors (Lipinski definition) is 7. The van der Waals surface area contributed by atoms with E-state index in [-0.39, 0.29) is 12.3 Å². The molecule has 0 bridgehead atoms. The van der Waals surface area contributed by atoms with E-state index in [0.717, 1.165) is 22.9 Å². The molecule has 0 aliphatic carbocycles. The maximum absolute atomic E-state index is 14.0. The third kappa shape index (κ3) is 6.15. The molecule has 1 amide bonds. The van der Waals surface area contributed by atoms with E-state index in [0.29, 0.717) is 42.2 Å². The van der Waals surface area contributed by atoms with E-state index in [1.54, 1.807) is 29.0 Å². The molecule has 9 nitrogen and oxygen atoms in total. The number of nitriles is 1. The summed E-state index contributed by atoms with van der Waals surface area (Å²) in [5, 5.41) is 18.7. The van der Waals surface area contributed by atoms with Gasteiger partial charge in [-0.25, -0.2) is 14.1 Å². The summed E-state index contributed by atoms with van der Waals surface area (Å²) in [7, 11) is 1.57. The number of carbonyl (C=O) groups excluding carboxylic acids is 1. The number of hydroxylamine groups is 2. The molecule has 0 unspecified atom stereocenters. The summed E-state index contributed by atoms with van der Waals surface area (Å²) >= 11 is 0. The highest BCUT2D eigenvalue weighted by Crippen LogP contribution is 2.31. The Labute approximate surface area is 235 Å². The molecule has 1 fully saturated rings. The van der Waals surface area contributed by atoms with Gasteiger partial charge in [0.1, 0.15) is 6.10 Å². The average molecular weight is 559 g/mol. The highest BCUT2D eigenvalue weighted by atomic mass is 19.2. The van der Waals surface area contributed by atoms with Crippen molar-refractivity contribution in [1.29, 1.82) is 5.26 Å². The third-order valence-electron chi connectivity index (χ3n) is 6.93. The van der Waals surface area contributed by atoms with Gasteiger partial charge in [-0.15, -0.1) is 0 Å². The van der Waals surface area contributed by atoms with Crippen molar-refractivity contribution in [2.45, 2.75) is 25.5 Å². The molecule has 1 N–H and O–H groups in total. The average Bonchev–Trinajstić information content (AvgIpc) is 3.54. The standard InChI is InChI=1S/C30H28F2N6O3/c1-19-26(38(23-6-4-3-5-7-23)36-28(19)21-10-8-20(16-33)9-11-21)15-27(39)35-25-18-37(12-13-40-2)41-29(25)22-14-24(31)30(32)34-17-22/h3-11,14,17,25,29H,12-13,15,18H2,1-2H3,(H,35,39)/t25-,29+/m1/s1. The summed E-state index contributed by atoms with van der Waals surface area (Å²) < 4.78 is 34.4. The Morgan fingerprint density at radius 1 is 1.20 bits per heavy atom. The van der Waals surface area contributed by atoms with Gasteiger partial charge in [-0.05, 0) is 42.8 Å². The first kappa shape index (κ1) is 28.0. The number of nitrogens with zero attached hydrogens (tertiary/aromatic N) is 5. The second-order valence-electron chi connectivity index (χ2n) is 9.66. The lowest BCUT2D eigenvalue weighted by Crippen LogP contribution is -2.41. The maximum atomic E-state index is 14.0. The monoisotopic (exact) mass is 558 g/mol. The molecule has 0 spiro atoms. The number of aromatic nitrogens is 3. The summed E-state index contributed by atoms with van der Waals surface area (Å²) in [6.45, 7) is 3.02. The molecule has 4 aromatic rings. The second kappa shape index (κ2) is 12.3. The van der Waals surface area contributed by atoms with Gasteiger partial charge >= 0.3 is 0 Å². The number of amides is 1. The molecule has 2 atom stereocenters. The van der Waals surface area contributed by atoms with Crippen LogP contribution < -0.4 is 5.32 Å². The first-order chi connectivity index (χ1) is 19.9. The number of para-hydroxylation sites is 1. The number of hydrogen-bond donors (Lipinski definition) is 1. The van der Waals surface area contributed by atoms with Gasteiger partial charge in [0.25, 0.3) is 0 Å². The van der Waals surface area contributed by atoms with Gasteiger partial charge in [0, 0.05) is 37.5 Å². The Balaban J connectivity index is 1.43. The van der Waals surface area contributed by atoms with Gasteiger partial charge in [-0.3, -0.25) is 9.63 Å². The molecule has 1 aliphatic rings. The van der Waals surface area contributed by atoms with Gasteiger partial charge in [-0.1, -0.05) is 30.3 Å². The number of benzene rings is 2. The molecule has 2 aromatic carbocycles. The summed E-state index contributed by atoms with van der Waals surface area (Å²) in [4.78, 5) is 23.0. The second-order valence-corrected chi connectivity index (χ2v) is 9.66. The van der Waals surface area contributed by atoms with E-state index in [4.69, 9.17) is 14.7 Å². The van der Waals surface area contributed by atoms with Crippen molar-refractivity contribution in [2.24, 2.45) is 0 Å². The van der Waals surface area contributed by atoms with Crippen LogP contribution in [0.2, 0.25) is 0 Å². The molecule has 5 rings (SSSR count). The predicted molar refractivity (Wildman–Crippen MR) is 146 cm³/mol. The van der Waals surface area contributed by atoms with E-state index in [9.17, 15) is 18.8 Å². The molecule has 41 heavy (non-hydrogen) atoms. The maximum Gasteiger partial charge on any atom is 0.248 e. The van der Waals surface area contributed by atoms with Gasteiger partial charge in [0.05, 0.1) is 47.8 Å². The molecule has 1 aliphatic heterocycles. The van der Waals surface area contributed by atoms with Gasteiger partial charge < -0.3 is 10.1 Å². The highest BCUT2D eigenvalue weighted by Gasteiger charge is 2.37. The van der Waals surface area contributed by atoms with Crippen LogP contribution in [-0.2, 0) is 20.8 Å². The van der Waals surface area contributed by atoms with E-state index < -0.39 is 23.9 Å². The van der Waals surface area contributed by atoms with E-state index in [2.05, 4.69) is 16.4 Å².